The van der Waals surface area contributed by atoms with Gasteiger partial charge in [0.2, 0.25) is 0 Å². The predicted molar refractivity (Wildman–Crippen MR) is 96.0 cm³/mol. The van der Waals surface area contributed by atoms with E-state index in [1.807, 2.05) is 6.21 Å². The van der Waals surface area contributed by atoms with Crippen LogP contribution in [0.1, 0.15) is 36.4 Å². The molecule has 2 aliphatic rings. The van der Waals surface area contributed by atoms with Crippen molar-refractivity contribution in [1.29, 1.82) is 0 Å². The lowest BCUT2D eigenvalue weighted by atomic mass is 10.1. The second-order valence-electron chi connectivity index (χ2n) is 6.40. The smallest absolute Gasteiger partial charge is 0.0913 e. The Morgan fingerprint density at radius 3 is 2.43 bits per heavy atom. The SMILES string of the molecule is C(=N\N1CC1c1ccccc1)/c1ccccc1N1CCCCC1. The van der Waals surface area contributed by atoms with Gasteiger partial charge in [0.05, 0.1) is 18.8 Å². The fourth-order valence-corrected chi connectivity index (χ4v) is 3.37. The van der Waals surface area contributed by atoms with Crippen molar-refractivity contribution in [3.8, 4) is 0 Å². The third-order valence-corrected chi connectivity index (χ3v) is 4.75. The number of hydrogen-bond acceptors (Lipinski definition) is 3. The lowest BCUT2D eigenvalue weighted by Crippen LogP contribution is -2.30. The highest BCUT2D eigenvalue weighted by atomic mass is 15.6. The van der Waals surface area contributed by atoms with Crippen LogP contribution in [0.25, 0.3) is 0 Å². The van der Waals surface area contributed by atoms with Gasteiger partial charge in [-0.1, -0.05) is 48.5 Å². The summed E-state index contributed by atoms with van der Waals surface area (Å²) in [6.07, 6.45) is 5.99. The summed E-state index contributed by atoms with van der Waals surface area (Å²) in [4.78, 5) is 2.50. The molecule has 2 aliphatic heterocycles. The van der Waals surface area contributed by atoms with Gasteiger partial charge in [-0.25, -0.2) is 0 Å². The van der Waals surface area contributed by atoms with Crippen molar-refractivity contribution in [2.24, 2.45) is 5.10 Å². The quantitative estimate of drug-likeness (QED) is 0.626. The zero-order chi connectivity index (χ0) is 15.5. The van der Waals surface area contributed by atoms with E-state index in [-0.39, 0.29) is 0 Å². The summed E-state index contributed by atoms with van der Waals surface area (Å²) in [5.41, 5.74) is 3.91. The van der Waals surface area contributed by atoms with Crippen molar-refractivity contribution in [2.45, 2.75) is 25.3 Å². The van der Waals surface area contributed by atoms with Crippen molar-refractivity contribution < 1.29 is 0 Å². The van der Waals surface area contributed by atoms with Crippen LogP contribution in [0.2, 0.25) is 0 Å². The number of anilines is 1. The van der Waals surface area contributed by atoms with Crippen LogP contribution in [0, 0.1) is 0 Å². The molecule has 0 aromatic heterocycles. The lowest BCUT2D eigenvalue weighted by molar-refractivity contribution is 0.556. The van der Waals surface area contributed by atoms with E-state index in [4.69, 9.17) is 5.10 Å². The minimum Gasteiger partial charge on any atom is -0.371 e. The molecule has 4 rings (SSSR count). The summed E-state index contributed by atoms with van der Waals surface area (Å²) in [5.74, 6) is 0. The lowest BCUT2D eigenvalue weighted by Gasteiger charge is -2.29. The molecule has 0 bridgehead atoms. The first-order valence-electron chi connectivity index (χ1n) is 8.61. The Morgan fingerprint density at radius 1 is 0.870 bits per heavy atom. The monoisotopic (exact) mass is 305 g/mol. The molecule has 1 atom stereocenters. The number of para-hydroxylation sites is 1. The highest BCUT2D eigenvalue weighted by Gasteiger charge is 2.34. The van der Waals surface area contributed by atoms with E-state index in [1.54, 1.807) is 0 Å². The number of hydrogen-bond donors (Lipinski definition) is 0. The molecule has 2 aromatic carbocycles. The second kappa shape index (κ2) is 6.45. The van der Waals surface area contributed by atoms with Crippen LogP contribution in [0.5, 0.6) is 0 Å². The van der Waals surface area contributed by atoms with Gasteiger partial charge in [0.15, 0.2) is 0 Å². The molecule has 118 valence electrons. The van der Waals surface area contributed by atoms with Crippen molar-refractivity contribution in [3.05, 3.63) is 65.7 Å². The number of hydrazone groups is 1. The standard InChI is InChI=1S/C20H23N3/c1-3-9-17(10-4-1)20-16-23(20)21-15-18-11-5-6-12-19(18)22-13-7-2-8-14-22/h1,3-6,9-12,15,20H,2,7-8,13-14,16H2/b21-15+. The van der Waals surface area contributed by atoms with E-state index in [0.717, 1.165) is 6.54 Å². The maximum absolute atomic E-state index is 4.70. The largest absolute Gasteiger partial charge is 0.371 e. The van der Waals surface area contributed by atoms with Gasteiger partial charge in [-0.05, 0) is 30.9 Å². The second-order valence-corrected chi connectivity index (χ2v) is 6.40. The van der Waals surface area contributed by atoms with E-state index in [2.05, 4.69) is 64.5 Å². The molecular weight excluding hydrogens is 282 g/mol. The van der Waals surface area contributed by atoms with E-state index >= 15 is 0 Å². The molecule has 2 aromatic rings. The molecule has 3 nitrogen and oxygen atoms in total. The Balaban J connectivity index is 1.47. The van der Waals surface area contributed by atoms with Gasteiger partial charge in [0, 0.05) is 24.3 Å². The summed E-state index contributed by atoms with van der Waals surface area (Å²) in [6.45, 7) is 3.36. The first-order valence-corrected chi connectivity index (χ1v) is 8.61. The Morgan fingerprint density at radius 2 is 1.61 bits per heavy atom. The maximum Gasteiger partial charge on any atom is 0.0913 e. The van der Waals surface area contributed by atoms with Gasteiger partial charge in [0.25, 0.3) is 0 Å². The Kier molecular flexibility index (Phi) is 4.01. The van der Waals surface area contributed by atoms with Crippen LogP contribution in [0.3, 0.4) is 0 Å². The van der Waals surface area contributed by atoms with Gasteiger partial charge in [-0.3, -0.25) is 5.01 Å². The van der Waals surface area contributed by atoms with Crippen molar-refractivity contribution in [2.75, 3.05) is 24.5 Å². The van der Waals surface area contributed by atoms with Gasteiger partial charge in [0.1, 0.15) is 0 Å². The zero-order valence-corrected chi connectivity index (χ0v) is 13.4. The minimum absolute atomic E-state index is 0.453. The molecule has 0 spiro atoms. The third kappa shape index (κ3) is 3.24. The Labute approximate surface area is 138 Å². The van der Waals surface area contributed by atoms with E-state index in [0.29, 0.717) is 6.04 Å². The molecule has 0 radical (unpaired) electrons. The first kappa shape index (κ1) is 14.3. The summed E-state index contributed by atoms with van der Waals surface area (Å²) in [7, 11) is 0. The summed E-state index contributed by atoms with van der Waals surface area (Å²) >= 11 is 0. The number of rotatable bonds is 4. The van der Waals surface area contributed by atoms with Crippen LogP contribution < -0.4 is 4.90 Å². The molecule has 0 N–H and O–H groups in total. The third-order valence-electron chi connectivity index (χ3n) is 4.75. The number of benzene rings is 2. The fraction of sp³-hybridized carbons (Fsp3) is 0.350. The normalized spacial score (nSPS) is 21.0. The molecule has 2 heterocycles. The van der Waals surface area contributed by atoms with E-state index < -0.39 is 0 Å². The first-order chi connectivity index (χ1) is 11.4. The summed E-state index contributed by atoms with van der Waals surface area (Å²) < 4.78 is 0. The van der Waals surface area contributed by atoms with Crippen LogP contribution in [-0.4, -0.2) is 30.9 Å². The van der Waals surface area contributed by atoms with Gasteiger partial charge >= 0.3 is 0 Å². The molecule has 2 saturated heterocycles. The Bertz CT molecular complexity index is 674. The van der Waals surface area contributed by atoms with Crippen LogP contribution in [0.4, 0.5) is 5.69 Å². The Hall–Kier alpha value is -2.29. The highest BCUT2D eigenvalue weighted by molar-refractivity contribution is 5.88. The van der Waals surface area contributed by atoms with Crippen molar-refractivity contribution >= 4 is 11.9 Å². The highest BCUT2D eigenvalue weighted by Crippen LogP contribution is 2.34. The molecule has 0 saturated carbocycles. The average molecular weight is 305 g/mol. The zero-order valence-electron chi connectivity index (χ0n) is 13.4. The molecule has 2 fully saturated rings. The molecule has 0 amide bonds. The van der Waals surface area contributed by atoms with Gasteiger partial charge in [-0.15, -0.1) is 0 Å². The van der Waals surface area contributed by atoms with E-state index in [1.165, 1.54) is 49.2 Å². The average Bonchev–Trinajstić information content (AvgIpc) is 3.41. The summed E-state index contributed by atoms with van der Waals surface area (Å²) in [5, 5.41) is 6.86. The fourth-order valence-electron chi connectivity index (χ4n) is 3.37. The van der Waals surface area contributed by atoms with Crippen LogP contribution in [-0.2, 0) is 0 Å². The minimum atomic E-state index is 0.453. The van der Waals surface area contributed by atoms with Crippen LogP contribution in [0.15, 0.2) is 59.7 Å². The van der Waals surface area contributed by atoms with E-state index in [9.17, 15) is 0 Å². The topological polar surface area (TPSA) is 18.6 Å². The summed E-state index contributed by atoms with van der Waals surface area (Å²) in [6, 6.07) is 19.7. The number of nitrogens with zero attached hydrogens (tertiary/aromatic N) is 3. The van der Waals surface area contributed by atoms with Gasteiger partial charge < -0.3 is 4.90 Å². The van der Waals surface area contributed by atoms with Crippen molar-refractivity contribution in [1.82, 2.24) is 5.01 Å². The molecule has 1 unspecified atom stereocenters. The maximum atomic E-state index is 4.70. The van der Waals surface area contributed by atoms with Gasteiger partial charge in [-0.2, -0.15) is 5.10 Å². The van der Waals surface area contributed by atoms with Crippen molar-refractivity contribution in [3.63, 3.8) is 0 Å². The van der Waals surface area contributed by atoms with Crippen LogP contribution >= 0.6 is 0 Å². The predicted octanol–water partition coefficient (Wildman–Crippen LogP) is 4.07. The number of piperidine rings is 1. The molecule has 3 heteroatoms. The molecular formula is C20H23N3. The molecule has 0 aliphatic carbocycles. The molecule has 23 heavy (non-hydrogen) atoms.